The van der Waals surface area contributed by atoms with E-state index in [0.717, 1.165) is 57.8 Å². The molecule has 0 saturated carbocycles. The Morgan fingerprint density at radius 3 is 0.500 bits per heavy atom. The van der Waals surface area contributed by atoms with Crippen molar-refractivity contribution in [3.8, 4) is 0 Å². The van der Waals surface area contributed by atoms with Crippen LogP contribution in [-0.4, -0.2) is 37.2 Å². The Balaban J connectivity index is 3.96. The highest BCUT2D eigenvalue weighted by molar-refractivity contribution is 5.71. The summed E-state index contributed by atoms with van der Waals surface area (Å²) < 4.78 is 16.9. The summed E-state index contributed by atoms with van der Waals surface area (Å²) >= 11 is 0. The average molecular weight is 1130 g/mol. The van der Waals surface area contributed by atoms with E-state index >= 15 is 0 Å². The quantitative estimate of drug-likeness (QED) is 0.0343. The van der Waals surface area contributed by atoms with E-state index in [1.807, 2.05) is 0 Å². The second-order valence-electron chi connectivity index (χ2n) is 25.6. The first kappa shape index (κ1) is 78.4. The highest BCUT2D eigenvalue weighted by Crippen LogP contribution is 2.20. The van der Waals surface area contributed by atoms with Crippen LogP contribution < -0.4 is 0 Å². The van der Waals surface area contributed by atoms with Crippen LogP contribution in [0.3, 0.4) is 0 Å². The van der Waals surface area contributed by atoms with Crippen LogP contribution in [0.2, 0.25) is 0 Å². The molecule has 1 atom stereocenters. The summed E-state index contributed by atoms with van der Waals surface area (Å²) in [6.07, 6.45) is 83.3. The van der Waals surface area contributed by atoms with Crippen molar-refractivity contribution in [2.75, 3.05) is 13.2 Å². The molecule has 0 fully saturated rings. The fraction of sp³-hybridized carbons (Fsp3) is 0.959. The van der Waals surface area contributed by atoms with Gasteiger partial charge in [-0.1, -0.05) is 400 Å². The molecule has 0 aliphatic rings. The van der Waals surface area contributed by atoms with Crippen LogP contribution in [0.15, 0.2) is 0 Å². The molecule has 80 heavy (non-hydrogen) atoms. The molecule has 0 aromatic rings. The fourth-order valence-corrected chi connectivity index (χ4v) is 11.8. The molecule has 6 nitrogen and oxygen atoms in total. The Bertz CT molecular complexity index is 1200. The molecule has 0 heterocycles. The maximum absolute atomic E-state index is 12.9. The van der Waals surface area contributed by atoms with Crippen molar-refractivity contribution < 1.29 is 28.6 Å². The fourth-order valence-electron chi connectivity index (χ4n) is 11.8. The van der Waals surface area contributed by atoms with E-state index in [4.69, 9.17) is 14.2 Å². The normalized spacial score (nSPS) is 11.9. The molecule has 0 aliphatic carbocycles. The summed E-state index contributed by atoms with van der Waals surface area (Å²) in [7, 11) is 0. The summed E-state index contributed by atoms with van der Waals surface area (Å²) in [6.45, 7) is 6.70. The SMILES string of the molecule is CCCCCCCCCCCCCCCCCCCCCCCCCCCCCCC(=O)OCC(COC(=O)CCCCCCCCC)OC(=O)CCCCCCCCCCCCCCCCCCCCCCCCCCCCC. The number of hydrogen-bond donors (Lipinski definition) is 0. The van der Waals surface area contributed by atoms with Gasteiger partial charge in [-0.3, -0.25) is 14.4 Å². The van der Waals surface area contributed by atoms with Crippen LogP contribution >= 0.6 is 0 Å². The van der Waals surface area contributed by atoms with Crippen molar-refractivity contribution in [3.05, 3.63) is 0 Å². The largest absolute Gasteiger partial charge is 0.462 e. The Hall–Kier alpha value is -1.59. The first-order valence-electron chi connectivity index (χ1n) is 37.0. The summed E-state index contributed by atoms with van der Waals surface area (Å²) in [5, 5.41) is 0. The first-order valence-corrected chi connectivity index (χ1v) is 37.0. The zero-order chi connectivity index (χ0) is 57.8. The lowest BCUT2D eigenvalue weighted by Gasteiger charge is -2.18. The average Bonchev–Trinajstić information content (AvgIpc) is 3.46. The van der Waals surface area contributed by atoms with Crippen LogP contribution in [0, 0.1) is 0 Å². The summed E-state index contributed by atoms with van der Waals surface area (Å²) in [5.74, 6) is -0.831. The second-order valence-corrected chi connectivity index (χ2v) is 25.6. The van der Waals surface area contributed by atoms with Gasteiger partial charge in [0.15, 0.2) is 6.10 Å². The zero-order valence-corrected chi connectivity index (χ0v) is 54.9. The van der Waals surface area contributed by atoms with Crippen LogP contribution in [0.5, 0.6) is 0 Å². The predicted octanol–water partition coefficient (Wildman–Crippen LogP) is 25.4. The van der Waals surface area contributed by atoms with Crippen molar-refractivity contribution in [2.45, 2.75) is 444 Å². The number of unbranched alkanes of at least 4 members (excludes halogenated alkanes) is 59. The van der Waals surface area contributed by atoms with Gasteiger partial charge in [0.1, 0.15) is 13.2 Å². The Morgan fingerprint density at radius 2 is 0.338 bits per heavy atom. The van der Waals surface area contributed by atoms with Crippen molar-refractivity contribution in [1.82, 2.24) is 0 Å². The number of carbonyl (C=O) groups excluding carboxylic acids is 3. The number of ether oxygens (including phenoxy) is 3. The van der Waals surface area contributed by atoms with E-state index in [0.29, 0.717) is 19.3 Å². The first-order chi connectivity index (χ1) is 39.5. The van der Waals surface area contributed by atoms with E-state index < -0.39 is 6.10 Å². The van der Waals surface area contributed by atoms with Crippen LogP contribution in [0.1, 0.15) is 438 Å². The molecule has 0 spiro atoms. The van der Waals surface area contributed by atoms with Gasteiger partial charge in [-0.25, -0.2) is 0 Å². The van der Waals surface area contributed by atoms with Gasteiger partial charge in [0.25, 0.3) is 0 Å². The molecule has 0 bridgehead atoms. The number of esters is 3. The molecule has 0 amide bonds. The third kappa shape index (κ3) is 67.2. The molecule has 476 valence electrons. The topological polar surface area (TPSA) is 78.9 Å². The standard InChI is InChI=1S/C74H144O6/c1-4-7-10-13-16-18-20-22-24-26-28-30-32-34-36-38-39-41-43-45-47-49-51-53-55-58-61-64-67-73(76)79-70-71(69-78-72(75)66-63-60-57-15-12-9-6-3)80-74(77)68-65-62-59-56-54-52-50-48-46-44-42-40-37-35-33-31-29-27-25-23-21-19-17-14-11-8-5-2/h71H,4-70H2,1-3H3. The number of hydrogen-bond acceptors (Lipinski definition) is 6. The molecule has 0 saturated heterocycles. The highest BCUT2D eigenvalue weighted by Gasteiger charge is 2.20. The van der Waals surface area contributed by atoms with E-state index in [2.05, 4.69) is 20.8 Å². The van der Waals surface area contributed by atoms with Crippen LogP contribution in [-0.2, 0) is 28.6 Å². The van der Waals surface area contributed by atoms with Gasteiger partial charge in [0.05, 0.1) is 0 Å². The summed E-state index contributed by atoms with van der Waals surface area (Å²) in [4.78, 5) is 38.2. The minimum absolute atomic E-state index is 0.0612. The van der Waals surface area contributed by atoms with Crippen LogP contribution in [0.25, 0.3) is 0 Å². The van der Waals surface area contributed by atoms with Crippen LogP contribution in [0.4, 0.5) is 0 Å². The Labute approximate surface area is 501 Å². The van der Waals surface area contributed by atoms with E-state index in [9.17, 15) is 14.4 Å². The Kier molecular flexibility index (Phi) is 68.5. The van der Waals surface area contributed by atoms with Gasteiger partial charge in [-0.15, -0.1) is 0 Å². The molecular formula is C74H144O6. The van der Waals surface area contributed by atoms with Gasteiger partial charge in [0.2, 0.25) is 0 Å². The van der Waals surface area contributed by atoms with Gasteiger partial charge in [-0.2, -0.15) is 0 Å². The third-order valence-corrected chi connectivity index (χ3v) is 17.4. The smallest absolute Gasteiger partial charge is 0.306 e. The minimum Gasteiger partial charge on any atom is -0.462 e. The summed E-state index contributed by atoms with van der Waals surface area (Å²) in [6, 6.07) is 0. The van der Waals surface area contributed by atoms with Gasteiger partial charge in [-0.05, 0) is 19.3 Å². The van der Waals surface area contributed by atoms with Crippen molar-refractivity contribution in [3.63, 3.8) is 0 Å². The third-order valence-electron chi connectivity index (χ3n) is 17.4. The van der Waals surface area contributed by atoms with Gasteiger partial charge >= 0.3 is 17.9 Å². The lowest BCUT2D eigenvalue weighted by Crippen LogP contribution is -2.30. The maximum Gasteiger partial charge on any atom is 0.306 e. The lowest BCUT2D eigenvalue weighted by molar-refractivity contribution is -0.167. The monoisotopic (exact) mass is 1130 g/mol. The van der Waals surface area contributed by atoms with E-state index in [1.54, 1.807) is 0 Å². The van der Waals surface area contributed by atoms with E-state index in [-0.39, 0.29) is 31.1 Å². The van der Waals surface area contributed by atoms with Crippen molar-refractivity contribution >= 4 is 17.9 Å². The number of rotatable bonds is 70. The highest BCUT2D eigenvalue weighted by atomic mass is 16.6. The molecule has 0 rings (SSSR count). The van der Waals surface area contributed by atoms with E-state index in [1.165, 1.54) is 340 Å². The Morgan fingerprint density at radius 1 is 0.200 bits per heavy atom. The minimum atomic E-state index is -0.762. The summed E-state index contributed by atoms with van der Waals surface area (Å²) in [5.41, 5.74) is 0. The molecule has 1 unspecified atom stereocenters. The van der Waals surface area contributed by atoms with Crippen molar-refractivity contribution in [2.24, 2.45) is 0 Å². The maximum atomic E-state index is 12.9. The molecule has 0 aromatic heterocycles. The second kappa shape index (κ2) is 69.9. The molecule has 0 aliphatic heterocycles. The molecular weight excluding hydrogens is 985 g/mol. The van der Waals surface area contributed by atoms with Crippen molar-refractivity contribution in [1.29, 1.82) is 0 Å². The predicted molar refractivity (Wildman–Crippen MR) is 349 cm³/mol. The molecule has 0 N–H and O–H groups in total. The number of carbonyl (C=O) groups is 3. The zero-order valence-electron chi connectivity index (χ0n) is 54.9. The lowest BCUT2D eigenvalue weighted by atomic mass is 10.0. The van der Waals surface area contributed by atoms with Gasteiger partial charge < -0.3 is 14.2 Å². The molecule has 0 radical (unpaired) electrons. The van der Waals surface area contributed by atoms with Gasteiger partial charge in [0, 0.05) is 19.3 Å². The molecule has 0 aromatic carbocycles. The molecule has 6 heteroatoms.